The van der Waals surface area contributed by atoms with Crippen LogP contribution in [0.15, 0.2) is 29.2 Å². The molecule has 1 amide bonds. The zero-order valence-electron chi connectivity index (χ0n) is 12.6. The van der Waals surface area contributed by atoms with Gasteiger partial charge >= 0.3 is 0 Å². The summed E-state index contributed by atoms with van der Waals surface area (Å²) in [6, 6.07) is 7.36. The lowest BCUT2D eigenvalue weighted by Gasteiger charge is -2.21. The fourth-order valence-electron chi connectivity index (χ4n) is 1.50. The Balaban J connectivity index is 2.56. The number of amides is 1. The van der Waals surface area contributed by atoms with E-state index in [9.17, 15) is 4.79 Å². The van der Waals surface area contributed by atoms with E-state index in [2.05, 4.69) is 17.2 Å². The van der Waals surface area contributed by atoms with Gasteiger partial charge in [-0.1, -0.05) is 5.92 Å². The standard InChI is InChI=1S/C16H21NO2S/c1-6-7-12(2)17-15(18)20-14-10-8-13(9-11-14)19-16(3,4)5/h8-12H,1-5H3,(H,17,18). The first-order valence-corrected chi connectivity index (χ1v) is 7.31. The smallest absolute Gasteiger partial charge is 0.284 e. The largest absolute Gasteiger partial charge is 0.488 e. The summed E-state index contributed by atoms with van der Waals surface area (Å²) in [4.78, 5) is 12.6. The molecule has 0 bridgehead atoms. The van der Waals surface area contributed by atoms with E-state index in [0.717, 1.165) is 22.4 Å². The second kappa shape index (κ2) is 7.25. The van der Waals surface area contributed by atoms with Crippen LogP contribution in [0, 0.1) is 11.8 Å². The first kappa shape index (κ1) is 16.5. The van der Waals surface area contributed by atoms with Crippen molar-refractivity contribution in [3.63, 3.8) is 0 Å². The number of hydrogen-bond donors (Lipinski definition) is 1. The van der Waals surface area contributed by atoms with Crippen molar-refractivity contribution in [3.8, 4) is 17.6 Å². The fraction of sp³-hybridized carbons (Fsp3) is 0.438. The molecule has 1 aromatic rings. The first-order valence-electron chi connectivity index (χ1n) is 6.50. The molecule has 1 aromatic carbocycles. The highest BCUT2D eigenvalue weighted by Gasteiger charge is 2.12. The highest BCUT2D eigenvalue weighted by atomic mass is 32.2. The van der Waals surface area contributed by atoms with Crippen LogP contribution in [0.2, 0.25) is 0 Å². The van der Waals surface area contributed by atoms with Crippen LogP contribution < -0.4 is 10.1 Å². The van der Waals surface area contributed by atoms with E-state index in [1.807, 2.05) is 52.0 Å². The Kier molecular flexibility index (Phi) is 5.97. The second-order valence-corrected chi connectivity index (χ2v) is 6.38. The third-order valence-corrected chi connectivity index (χ3v) is 2.96. The van der Waals surface area contributed by atoms with Gasteiger partial charge in [-0.3, -0.25) is 4.79 Å². The van der Waals surface area contributed by atoms with Crippen molar-refractivity contribution in [1.82, 2.24) is 5.32 Å². The summed E-state index contributed by atoms with van der Waals surface area (Å²) in [5, 5.41) is 2.69. The Morgan fingerprint density at radius 2 is 1.90 bits per heavy atom. The minimum atomic E-state index is -0.222. The van der Waals surface area contributed by atoms with Crippen molar-refractivity contribution in [3.05, 3.63) is 24.3 Å². The zero-order valence-corrected chi connectivity index (χ0v) is 13.4. The molecule has 0 heterocycles. The van der Waals surface area contributed by atoms with E-state index in [1.165, 1.54) is 0 Å². The van der Waals surface area contributed by atoms with Crippen molar-refractivity contribution >= 4 is 17.0 Å². The van der Waals surface area contributed by atoms with E-state index in [0.29, 0.717) is 0 Å². The lowest BCUT2D eigenvalue weighted by atomic mass is 10.2. The number of carbonyl (C=O) groups excluding carboxylic acids is 1. The Morgan fingerprint density at radius 1 is 1.30 bits per heavy atom. The molecule has 0 radical (unpaired) electrons. The van der Waals surface area contributed by atoms with Gasteiger partial charge in [-0.15, -0.1) is 5.92 Å². The maximum Gasteiger partial charge on any atom is 0.284 e. The topological polar surface area (TPSA) is 38.3 Å². The molecule has 0 aromatic heterocycles. The monoisotopic (exact) mass is 291 g/mol. The first-order chi connectivity index (χ1) is 9.30. The molecule has 1 N–H and O–H groups in total. The van der Waals surface area contributed by atoms with Crippen LogP contribution in [0.4, 0.5) is 4.79 Å². The van der Waals surface area contributed by atoms with E-state index < -0.39 is 0 Å². The van der Waals surface area contributed by atoms with Crippen LogP contribution in [0.25, 0.3) is 0 Å². The molecular weight excluding hydrogens is 270 g/mol. The SMILES string of the molecule is CC#CC(C)NC(=O)Sc1ccc(OC(C)(C)C)cc1. The number of thioether (sulfide) groups is 1. The number of benzene rings is 1. The molecule has 1 atom stereocenters. The number of nitrogens with one attached hydrogen (secondary N) is 1. The van der Waals surface area contributed by atoms with Crippen molar-refractivity contribution in [2.24, 2.45) is 0 Å². The average Bonchev–Trinajstić information content (AvgIpc) is 2.30. The molecule has 1 rings (SSSR count). The predicted molar refractivity (Wildman–Crippen MR) is 84.1 cm³/mol. The highest BCUT2D eigenvalue weighted by molar-refractivity contribution is 8.13. The molecule has 20 heavy (non-hydrogen) atoms. The predicted octanol–water partition coefficient (Wildman–Crippen LogP) is 4.08. The van der Waals surface area contributed by atoms with Gasteiger partial charge in [0.1, 0.15) is 11.4 Å². The van der Waals surface area contributed by atoms with Gasteiger partial charge < -0.3 is 10.1 Å². The Morgan fingerprint density at radius 3 is 2.40 bits per heavy atom. The van der Waals surface area contributed by atoms with Gasteiger partial charge in [0, 0.05) is 4.90 Å². The zero-order chi connectivity index (χ0) is 15.2. The highest BCUT2D eigenvalue weighted by Crippen LogP contribution is 2.24. The molecule has 0 aliphatic rings. The van der Waals surface area contributed by atoms with Gasteiger partial charge in [-0.25, -0.2) is 0 Å². The van der Waals surface area contributed by atoms with E-state index >= 15 is 0 Å². The minimum absolute atomic E-state index is 0.107. The van der Waals surface area contributed by atoms with Crippen LogP contribution in [-0.4, -0.2) is 16.9 Å². The molecule has 0 fully saturated rings. The number of hydrogen-bond acceptors (Lipinski definition) is 3. The Labute approximate surface area is 125 Å². The Bertz CT molecular complexity index is 506. The van der Waals surface area contributed by atoms with E-state index in [-0.39, 0.29) is 16.9 Å². The third kappa shape index (κ3) is 6.53. The quantitative estimate of drug-likeness (QED) is 0.673. The van der Waals surface area contributed by atoms with Gasteiger partial charge in [-0.2, -0.15) is 0 Å². The molecule has 0 saturated heterocycles. The van der Waals surface area contributed by atoms with Crippen molar-refractivity contribution in [1.29, 1.82) is 0 Å². The lowest BCUT2D eigenvalue weighted by molar-refractivity contribution is 0.131. The van der Waals surface area contributed by atoms with Crippen LogP contribution >= 0.6 is 11.8 Å². The fourth-order valence-corrected chi connectivity index (χ4v) is 2.22. The van der Waals surface area contributed by atoms with Gasteiger partial charge in [-0.05, 0) is 70.6 Å². The summed E-state index contributed by atoms with van der Waals surface area (Å²) >= 11 is 1.15. The molecule has 0 aliphatic heterocycles. The summed E-state index contributed by atoms with van der Waals surface area (Å²) in [6.07, 6.45) is 0. The lowest BCUT2D eigenvalue weighted by Crippen LogP contribution is -2.27. The minimum Gasteiger partial charge on any atom is -0.488 e. The maximum atomic E-state index is 11.8. The van der Waals surface area contributed by atoms with Crippen LogP contribution in [0.5, 0.6) is 5.75 Å². The maximum absolute atomic E-state index is 11.8. The van der Waals surface area contributed by atoms with Gasteiger partial charge in [0.15, 0.2) is 0 Å². The molecule has 0 spiro atoms. The number of ether oxygens (including phenoxy) is 1. The summed E-state index contributed by atoms with van der Waals surface area (Å²) in [5.41, 5.74) is -0.222. The molecular formula is C16H21NO2S. The van der Waals surface area contributed by atoms with Gasteiger partial charge in [0.25, 0.3) is 5.24 Å². The molecule has 0 aliphatic carbocycles. The third-order valence-electron chi connectivity index (χ3n) is 2.15. The van der Waals surface area contributed by atoms with Gasteiger partial charge in [0.2, 0.25) is 0 Å². The average molecular weight is 291 g/mol. The second-order valence-electron chi connectivity index (χ2n) is 5.34. The van der Waals surface area contributed by atoms with Crippen LogP contribution in [0.3, 0.4) is 0 Å². The number of carbonyl (C=O) groups is 1. The molecule has 4 heteroatoms. The molecule has 1 unspecified atom stereocenters. The molecule has 108 valence electrons. The normalized spacial score (nSPS) is 12.1. The Hall–Kier alpha value is -1.60. The summed E-state index contributed by atoms with van der Waals surface area (Å²) in [7, 11) is 0. The number of rotatable bonds is 3. The summed E-state index contributed by atoms with van der Waals surface area (Å²) < 4.78 is 5.73. The van der Waals surface area contributed by atoms with Crippen molar-refractivity contribution in [2.45, 2.75) is 51.2 Å². The van der Waals surface area contributed by atoms with Crippen LogP contribution in [-0.2, 0) is 0 Å². The summed E-state index contributed by atoms with van der Waals surface area (Å²) in [6.45, 7) is 9.61. The van der Waals surface area contributed by atoms with Crippen molar-refractivity contribution in [2.75, 3.05) is 0 Å². The molecule has 3 nitrogen and oxygen atoms in total. The van der Waals surface area contributed by atoms with Crippen molar-refractivity contribution < 1.29 is 9.53 Å². The summed E-state index contributed by atoms with van der Waals surface area (Å²) in [5.74, 6) is 6.46. The molecule has 0 saturated carbocycles. The van der Waals surface area contributed by atoms with E-state index in [4.69, 9.17) is 4.74 Å². The van der Waals surface area contributed by atoms with Gasteiger partial charge in [0.05, 0.1) is 6.04 Å². The van der Waals surface area contributed by atoms with Crippen LogP contribution in [0.1, 0.15) is 34.6 Å². The van der Waals surface area contributed by atoms with E-state index in [1.54, 1.807) is 6.92 Å².